The van der Waals surface area contributed by atoms with Crippen molar-refractivity contribution >= 4 is 23.8 Å². The average molecular weight is 272 g/mol. The fraction of sp³-hybridized carbons (Fsp3) is 0.833. The summed E-state index contributed by atoms with van der Waals surface area (Å²) in [5.74, 6) is 0.108. The van der Waals surface area contributed by atoms with E-state index in [1.807, 2.05) is 11.8 Å². The zero-order chi connectivity index (χ0) is 13.3. The molecule has 0 bridgehead atoms. The van der Waals surface area contributed by atoms with E-state index >= 15 is 0 Å². The monoisotopic (exact) mass is 272 g/mol. The molecule has 1 saturated heterocycles. The van der Waals surface area contributed by atoms with Crippen LogP contribution < -0.4 is 5.32 Å². The largest absolute Gasteiger partial charge is 0.480 e. The maximum Gasteiger partial charge on any atom is 0.326 e. The highest BCUT2D eigenvalue weighted by atomic mass is 32.2. The molecule has 2 amide bonds. The number of aliphatic carboxylic acids is 1. The Balaban J connectivity index is 1.92. The van der Waals surface area contributed by atoms with Crippen LogP contribution in [0.5, 0.6) is 0 Å². The summed E-state index contributed by atoms with van der Waals surface area (Å²) in [4.78, 5) is 24.9. The number of nitrogens with one attached hydrogen (secondary N) is 1. The number of carboxylic acids is 1. The minimum absolute atomic E-state index is 0.0495. The first-order valence-electron chi connectivity index (χ1n) is 6.31. The molecule has 5 nitrogen and oxygen atoms in total. The summed E-state index contributed by atoms with van der Waals surface area (Å²) < 4.78 is 0.0495. The maximum atomic E-state index is 12.1. The van der Waals surface area contributed by atoms with Crippen LogP contribution in [0.3, 0.4) is 0 Å². The van der Waals surface area contributed by atoms with Crippen molar-refractivity contribution in [1.82, 2.24) is 10.2 Å². The predicted octanol–water partition coefficient (Wildman–Crippen LogP) is 1.39. The van der Waals surface area contributed by atoms with Gasteiger partial charge < -0.3 is 15.3 Å². The SMILES string of the molecule is CC1(C)CN(C(=O)NC(C(=O)O)C2CC2)CCS1. The average Bonchev–Trinajstić information content (AvgIpc) is 3.07. The predicted molar refractivity (Wildman–Crippen MR) is 70.8 cm³/mol. The van der Waals surface area contributed by atoms with Crippen LogP contribution in [0, 0.1) is 5.92 Å². The van der Waals surface area contributed by atoms with Gasteiger partial charge in [-0.15, -0.1) is 0 Å². The molecule has 1 aliphatic carbocycles. The number of carbonyl (C=O) groups excluding carboxylic acids is 1. The van der Waals surface area contributed by atoms with Gasteiger partial charge in [0.15, 0.2) is 0 Å². The lowest BCUT2D eigenvalue weighted by molar-refractivity contribution is -0.139. The van der Waals surface area contributed by atoms with Gasteiger partial charge in [-0.05, 0) is 32.6 Å². The minimum Gasteiger partial charge on any atom is -0.480 e. The molecule has 1 unspecified atom stereocenters. The Hall–Kier alpha value is -0.910. The van der Waals surface area contributed by atoms with E-state index in [0.717, 1.165) is 18.6 Å². The maximum absolute atomic E-state index is 12.1. The van der Waals surface area contributed by atoms with Gasteiger partial charge in [-0.25, -0.2) is 9.59 Å². The van der Waals surface area contributed by atoms with Crippen LogP contribution in [0.4, 0.5) is 4.79 Å². The summed E-state index contributed by atoms with van der Waals surface area (Å²) in [6.45, 7) is 5.57. The Morgan fingerprint density at radius 1 is 1.44 bits per heavy atom. The van der Waals surface area contributed by atoms with E-state index in [2.05, 4.69) is 19.2 Å². The molecule has 0 spiro atoms. The third-order valence-corrected chi connectivity index (χ3v) is 4.65. The molecule has 102 valence electrons. The molecule has 2 fully saturated rings. The highest BCUT2D eigenvalue weighted by molar-refractivity contribution is 8.00. The van der Waals surface area contributed by atoms with E-state index in [-0.39, 0.29) is 16.7 Å². The zero-order valence-electron chi connectivity index (χ0n) is 10.8. The molecule has 1 atom stereocenters. The third kappa shape index (κ3) is 3.31. The summed E-state index contributed by atoms with van der Waals surface area (Å²) in [7, 11) is 0. The van der Waals surface area contributed by atoms with E-state index in [9.17, 15) is 9.59 Å². The summed E-state index contributed by atoms with van der Waals surface area (Å²) in [6, 6.07) is -0.946. The van der Waals surface area contributed by atoms with Gasteiger partial charge in [0.25, 0.3) is 0 Å². The summed E-state index contributed by atoms with van der Waals surface area (Å²) in [5, 5.41) is 11.8. The van der Waals surface area contributed by atoms with E-state index in [1.165, 1.54) is 0 Å². The number of rotatable bonds is 3. The molecule has 0 radical (unpaired) electrons. The fourth-order valence-corrected chi connectivity index (χ4v) is 3.34. The Kier molecular flexibility index (Phi) is 3.75. The van der Waals surface area contributed by atoms with Gasteiger partial charge in [0.2, 0.25) is 0 Å². The lowest BCUT2D eigenvalue weighted by Gasteiger charge is -2.37. The van der Waals surface area contributed by atoms with E-state index in [1.54, 1.807) is 4.90 Å². The number of hydrogen-bond acceptors (Lipinski definition) is 3. The molecular formula is C12H20N2O3S. The zero-order valence-corrected chi connectivity index (χ0v) is 11.6. The van der Waals surface area contributed by atoms with Crippen LogP contribution in [0.2, 0.25) is 0 Å². The van der Waals surface area contributed by atoms with Crippen LogP contribution in [-0.4, -0.2) is 51.6 Å². The second kappa shape index (κ2) is 4.99. The molecule has 0 aromatic rings. The van der Waals surface area contributed by atoms with E-state index < -0.39 is 12.0 Å². The second-order valence-electron chi connectivity index (χ2n) is 5.63. The molecule has 6 heteroatoms. The first-order valence-corrected chi connectivity index (χ1v) is 7.30. The van der Waals surface area contributed by atoms with Crippen molar-refractivity contribution in [2.45, 2.75) is 37.5 Å². The molecule has 0 aromatic carbocycles. The van der Waals surface area contributed by atoms with E-state index in [0.29, 0.717) is 13.1 Å². The molecule has 2 aliphatic rings. The second-order valence-corrected chi connectivity index (χ2v) is 7.43. The highest BCUT2D eigenvalue weighted by Crippen LogP contribution is 2.33. The van der Waals surface area contributed by atoms with Gasteiger partial charge in [-0.3, -0.25) is 0 Å². The topological polar surface area (TPSA) is 69.6 Å². The molecule has 2 rings (SSSR count). The van der Waals surface area contributed by atoms with Gasteiger partial charge in [0.05, 0.1) is 0 Å². The van der Waals surface area contributed by atoms with Crippen molar-refractivity contribution in [2.75, 3.05) is 18.8 Å². The van der Waals surface area contributed by atoms with Crippen molar-refractivity contribution in [3.05, 3.63) is 0 Å². The van der Waals surface area contributed by atoms with Crippen molar-refractivity contribution in [3.8, 4) is 0 Å². The number of carbonyl (C=O) groups is 2. The summed E-state index contributed by atoms with van der Waals surface area (Å²) >= 11 is 1.85. The number of hydrogen-bond donors (Lipinski definition) is 2. The normalized spacial score (nSPS) is 24.4. The Morgan fingerprint density at radius 3 is 2.61 bits per heavy atom. The summed E-state index contributed by atoms with van der Waals surface area (Å²) in [6.07, 6.45) is 1.80. The van der Waals surface area contributed by atoms with E-state index in [4.69, 9.17) is 5.11 Å². The Bertz CT molecular complexity index is 355. The number of nitrogens with zero attached hydrogens (tertiary/aromatic N) is 1. The van der Waals surface area contributed by atoms with Crippen molar-refractivity contribution in [2.24, 2.45) is 5.92 Å². The van der Waals surface area contributed by atoms with Crippen molar-refractivity contribution in [3.63, 3.8) is 0 Å². The smallest absolute Gasteiger partial charge is 0.326 e. The standard InChI is InChI=1S/C12H20N2O3S/c1-12(2)7-14(5-6-18-12)11(17)13-9(10(15)16)8-3-4-8/h8-9H,3-7H2,1-2H3,(H,13,17)(H,15,16). The molecule has 0 aromatic heterocycles. The van der Waals surface area contributed by atoms with Gasteiger partial charge in [-0.2, -0.15) is 11.8 Å². The van der Waals surface area contributed by atoms with Crippen LogP contribution in [0.1, 0.15) is 26.7 Å². The molecule has 1 saturated carbocycles. The number of thioether (sulfide) groups is 1. The molecule has 1 heterocycles. The van der Waals surface area contributed by atoms with Crippen LogP contribution in [0.25, 0.3) is 0 Å². The first-order chi connectivity index (χ1) is 8.39. The van der Waals surface area contributed by atoms with Gasteiger partial charge in [-0.1, -0.05) is 0 Å². The number of carboxylic acid groups (broad SMARTS) is 1. The third-order valence-electron chi connectivity index (χ3n) is 3.35. The summed E-state index contributed by atoms with van der Waals surface area (Å²) in [5.41, 5.74) is 0. The molecule has 18 heavy (non-hydrogen) atoms. The first kappa shape index (κ1) is 13.5. The quantitative estimate of drug-likeness (QED) is 0.814. The molecule has 1 aliphatic heterocycles. The fourth-order valence-electron chi connectivity index (χ4n) is 2.22. The Labute approximate surface area is 111 Å². The van der Waals surface area contributed by atoms with Crippen LogP contribution in [-0.2, 0) is 4.79 Å². The van der Waals surface area contributed by atoms with Crippen LogP contribution in [0.15, 0.2) is 0 Å². The van der Waals surface area contributed by atoms with Crippen LogP contribution >= 0.6 is 11.8 Å². The lowest BCUT2D eigenvalue weighted by Crippen LogP contribution is -2.54. The number of amides is 2. The number of urea groups is 1. The molecular weight excluding hydrogens is 252 g/mol. The van der Waals surface area contributed by atoms with Gasteiger partial charge in [0, 0.05) is 23.6 Å². The lowest BCUT2D eigenvalue weighted by atomic mass is 10.2. The van der Waals surface area contributed by atoms with Gasteiger partial charge in [0.1, 0.15) is 6.04 Å². The highest BCUT2D eigenvalue weighted by Gasteiger charge is 2.39. The molecule has 2 N–H and O–H groups in total. The Morgan fingerprint density at radius 2 is 2.11 bits per heavy atom. The van der Waals surface area contributed by atoms with Crippen molar-refractivity contribution < 1.29 is 14.7 Å². The minimum atomic E-state index is -0.920. The van der Waals surface area contributed by atoms with Crippen molar-refractivity contribution in [1.29, 1.82) is 0 Å². The van der Waals surface area contributed by atoms with Gasteiger partial charge >= 0.3 is 12.0 Å².